The highest BCUT2D eigenvalue weighted by Gasteiger charge is 2.11. The van der Waals surface area contributed by atoms with Crippen molar-refractivity contribution in [2.45, 2.75) is 6.42 Å². The molecule has 0 atom stereocenters. The van der Waals surface area contributed by atoms with E-state index in [0.717, 1.165) is 22.5 Å². The second-order valence-corrected chi connectivity index (χ2v) is 6.08. The lowest BCUT2D eigenvalue weighted by atomic mass is 10.1. The first-order valence-electron chi connectivity index (χ1n) is 8.69. The number of benzene rings is 2. The fourth-order valence-electron chi connectivity index (χ4n) is 2.66. The number of nitriles is 1. The molecule has 0 unspecified atom stereocenters. The molecule has 0 N–H and O–H groups in total. The lowest BCUT2D eigenvalue weighted by Crippen LogP contribution is -2.25. The minimum absolute atomic E-state index is 0.142. The van der Waals surface area contributed by atoms with E-state index in [2.05, 4.69) is 0 Å². The lowest BCUT2D eigenvalue weighted by molar-refractivity contribution is -0.124. The maximum atomic E-state index is 12.2. The summed E-state index contributed by atoms with van der Waals surface area (Å²) in [5, 5.41) is 13.4. The number of aromatic nitrogens is 2. The summed E-state index contributed by atoms with van der Waals surface area (Å²) in [5.41, 5.74) is 3.60. The third kappa shape index (κ3) is 4.50. The Bertz CT molecular complexity index is 969. The van der Waals surface area contributed by atoms with E-state index in [9.17, 15) is 4.79 Å². The van der Waals surface area contributed by atoms with Crippen LogP contribution in [0.1, 0.15) is 12.0 Å². The van der Waals surface area contributed by atoms with Crippen LogP contribution in [-0.4, -0.2) is 34.2 Å². The second kappa shape index (κ2) is 8.63. The Morgan fingerprint density at radius 1 is 1.15 bits per heavy atom. The highest BCUT2D eigenvalue weighted by molar-refractivity contribution is 5.92. The van der Waals surface area contributed by atoms with Crippen LogP contribution in [-0.2, 0) is 4.79 Å². The fourth-order valence-corrected chi connectivity index (χ4v) is 2.66. The summed E-state index contributed by atoms with van der Waals surface area (Å²) in [7, 11) is 1.69. The van der Waals surface area contributed by atoms with Crippen molar-refractivity contribution in [3.8, 4) is 23.0 Å². The van der Waals surface area contributed by atoms with Gasteiger partial charge in [-0.15, -0.1) is 0 Å². The largest absolute Gasteiger partial charge is 0.341 e. The molecule has 1 amide bonds. The quantitative estimate of drug-likeness (QED) is 0.629. The van der Waals surface area contributed by atoms with E-state index < -0.39 is 0 Å². The van der Waals surface area contributed by atoms with E-state index in [4.69, 9.17) is 10.4 Å². The smallest absolute Gasteiger partial charge is 0.246 e. The molecule has 0 saturated carbocycles. The Labute approximate surface area is 158 Å². The number of carbonyl (C=O) groups is 1. The highest BCUT2D eigenvalue weighted by Crippen LogP contribution is 2.24. The van der Waals surface area contributed by atoms with Gasteiger partial charge < -0.3 is 4.90 Å². The number of rotatable bonds is 6. The summed E-state index contributed by atoms with van der Waals surface area (Å²) in [6, 6.07) is 21.8. The molecule has 3 rings (SSSR count). The van der Waals surface area contributed by atoms with Crippen LogP contribution in [0.25, 0.3) is 23.0 Å². The molecule has 0 aliphatic carbocycles. The van der Waals surface area contributed by atoms with Crippen molar-refractivity contribution in [1.29, 1.82) is 5.26 Å². The van der Waals surface area contributed by atoms with E-state index in [1.165, 1.54) is 11.0 Å². The zero-order chi connectivity index (χ0) is 19.1. The molecule has 0 aliphatic rings. The average Bonchev–Trinajstić information content (AvgIpc) is 3.15. The summed E-state index contributed by atoms with van der Waals surface area (Å²) in [5.74, 6) is -0.142. The van der Waals surface area contributed by atoms with Gasteiger partial charge in [0.2, 0.25) is 5.91 Å². The van der Waals surface area contributed by atoms with Crippen molar-refractivity contribution >= 4 is 12.0 Å². The molecule has 0 fully saturated rings. The summed E-state index contributed by atoms with van der Waals surface area (Å²) in [4.78, 5) is 13.8. The van der Waals surface area contributed by atoms with E-state index in [1.54, 1.807) is 13.1 Å². The molecule has 0 bridgehead atoms. The third-order valence-corrected chi connectivity index (χ3v) is 4.15. The van der Waals surface area contributed by atoms with Gasteiger partial charge in [0.25, 0.3) is 0 Å². The molecule has 2 aromatic carbocycles. The Morgan fingerprint density at radius 2 is 1.81 bits per heavy atom. The first-order valence-corrected chi connectivity index (χ1v) is 8.69. The molecule has 3 aromatic rings. The monoisotopic (exact) mass is 356 g/mol. The molecule has 0 saturated heterocycles. The summed E-state index contributed by atoms with van der Waals surface area (Å²) >= 11 is 0. The van der Waals surface area contributed by atoms with Gasteiger partial charge in [0, 0.05) is 37.0 Å². The maximum absolute atomic E-state index is 12.2. The molecule has 5 heteroatoms. The number of nitrogens with zero attached hydrogens (tertiary/aromatic N) is 4. The van der Waals surface area contributed by atoms with Gasteiger partial charge in [-0.25, -0.2) is 4.68 Å². The van der Waals surface area contributed by atoms with Crippen molar-refractivity contribution in [3.05, 3.63) is 78.5 Å². The first-order chi connectivity index (χ1) is 13.2. The zero-order valence-electron chi connectivity index (χ0n) is 15.1. The standard InChI is InChI=1S/C22H20N4O/c1-25(16-8-15-23)21(27)14-13-19-17-26(20-11-6-3-7-12-20)24-22(19)18-9-4-2-5-10-18/h2-7,9-14,17H,8,16H2,1H3/b14-13+. The van der Waals surface area contributed by atoms with Crippen LogP contribution in [0.15, 0.2) is 72.9 Å². The topological polar surface area (TPSA) is 61.9 Å². The van der Waals surface area contributed by atoms with Gasteiger partial charge in [0.15, 0.2) is 0 Å². The van der Waals surface area contributed by atoms with Crippen LogP contribution in [0.4, 0.5) is 0 Å². The highest BCUT2D eigenvalue weighted by atomic mass is 16.2. The van der Waals surface area contributed by atoms with E-state index in [-0.39, 0.29) is 5.91 Å². The fraction of sp³-hybridized carbons (Fsp3) is 0.136. The number of carbonyl (C=O) groups excluding carboxylic acids is 1. The summed E-state index contributed by atoms with van der Waals surface area (Å²) < 4.78 is 1.81. The van der Waals surface area contributed by atoms with E-state index in [0.29, 0.717) is 13.0 Å². The Hall–Kier alpha value is -3.65. The average molecular weight is 356 g/mol. The van der Waals surface area contributed by atoms with Crippen molar-refractivity contribution in [3.63, 3.8) is 0 Å². The van der Waals surface area contributed by atoms with Crippen molar-refractivity contribution in [2.75, 3.05) is 13.6 Å². The lowest BCUT2D eigenvalue weighted by Gasteiger charge is -2.12. The predicted octanol–water partition coefficient (Wildman–Crippen LogP) is 3.92. The van der Waals surface area contributed by atoms with Crippen molar-refractivity contribution in [2.24, 2.45) is 0 Å². The van der Waals surface area contributed by atoms with Crippen molar-refractivity contribution in [1.82, 2.24) is 14.7 Å². The molecule has 0 radical (unpaired) electrons. The molecule has 5 nitrogen and oxygen atoms in total. The van der Waals surface area contributed by atoms with Crippen LogP contribution >= 0.6 is 0 Å². The molecule has 27 heavy (non-hydrogen) atoms. The number of para-hydroxylation sites is 1. The van der Waals surface area contributed by atoms with E-state index >= 15 is 0 Å². The van der Waals surface area contributed by atoms with Crippen molar-refractivity contribution < 1.29 is 4.79 Å². The zero-order valence-corrected chi connectivity index (χ0v) is 15.1. The Morgan fingerprint density at radius 3 is 2.48 bits per heavy atom. The summed E-state index contributed by atoms with van der Waals surface area (Å²) in [6.45, 7) is 0.411. The minimum Gasteiger partial charge on any atom is -0.341 e. The number of hydrogen-bond donors (Lipinski definition) is 0. The first kappa shape index (κ1) is 18.2. The van der Waals surface area contributed by atoms with Gasteiger partial charge in [-0.05, 0) is 18.2 Å². The number of hydrogen-bond acceptors (Lipinski definition) is 3. The maximum Gasteiger partial charge on any atom is 0.246 e. The van der Waals surface area contributed by atoms with E-state index in [1.807, 2.05) is 77.6 Å². The number of amides is 1. The van der Waals surface area contributed by atoms with Crippen LogP contribution in [0, 0.1) is 11.3 Å². The second-order valence-electron chi connectivity index (χ2n) is 6.08. The van der Waals surface area contributed by atoms with Gasteiger partial charge in [-0.1, -0.05) is 48.5 Å². The van der Waals surface area contributed by atoms with Gasteiger partial charge >= 0.3 is 0 Å². The molecular weight excluding hydrogens is 336 g/mol. The van der Waals surface area contributed by atoms with Gasteiger partial charge in [0.1, 0.15) is 0 Å². The third-order valence-electron chi connectivity index (χ3n) is 4.15. The van der Waals surface area contributed by atoms with Gasteiger partial charge in [-0.3, -0.25) is 4.79 Å². The van der Waals surface area contributed by atoms with Crippen LogP contribution in [0.2, 0.25) is 0 Å². The number of likely N-dealkylation sites (N-methyl/N-ethyl adjacent to an activating group) is 1. The summed E-state index contributed by atoms with van der Waals surface area (Å²) in [6.07, 6.45) is 5.53. The van der Waals surface area contributed by atoms with Crippen LogP contribution < -0.4 is 0 Å². The normalized spacial score (nSPS) is 10.7. The molecular formula is C22H20N4O. The predicted molar refractivity (Wildman–Crippen MR) is 106 cm³/mol. The minimum atomic E-state index is -0.142. The molecule has 0 aliphatic heterocycles. The molecule has 0 spiro atoms. The van der Waals surface area contributed by atoms with Gasteiger partial charge in [-0.2, -0.15) is 10.4 Å². The molecule has 134 valence electrons. The Kier molecular flexibility index (Phi) is 5.80. The van der Waals surface area contributed by atoms with Crippen LogP contribution in [0.5, 0.6) is 0 Å². The molecule has 1 heterocycles. The Balaban J connectivity index is 1.93. The van der Waals surface area contributed by atoms with Gasteiger partial charge in [0.05, 0.1) is 23.9 Å². The van der Waals surface area contributed by atoms with Crippen LogP contribution in [0.3, 0.4) is 0 Å². The SMILES string of the molecule is CN(CCC#N)C(=O)/C=C/c1cn(-c2ccccc2)nc1-c1ccccc1. The molecule has 1 aromatic heterocycles.